The van der Waals surface area contributed by atoms with Crippen molar-refractivity contribution in [3.05, 3.63) is 47.0 Å². The van der Waals surface area contributed by atoms with Gasteiger partial charge in [-0.2, -0.15) is 5.10 Å². The van der Waals surface area contributed by atoms with Crippen molar-refractivity contribution < 1.29 is 9.21 Å². The van der Waals surface area contributed by atoms with Gasteiger partial charge in [-0.05, 0) is 26.2 Å². The highest BCUT2D eigenvalue weighted by molar-refractivity contribution is 5.77. The summed E-state index contributed by atoms with van der Waals surface area (Å²) in [5, 5.41) is 7.23. The van der Waals surface area contributed by atoms with E-state index in [1.165, 1.54) is 21.8 Å². The number of nitrogens with one attached hydrogen (secondary N) is 1. The molecule has 0 aromatic carbocycles. The zero-order valence-corrected chi connectivity index (χ0v) is 14.3. The molecule has 0 bridgehead atoms. The van der Waals surface area contributed by atoms with Crippen LogP contribution in [0.25, 0.3) is 11.0 Å². The predicted molar refractivity (Wildman–Crippen MR) is 90.9 cm³/mol. The minimum Gasteiger partial charge on any atom is -0.468 e. The van der Waals surface area contributed by atoms with Crippen LogP contribution in [0.15, 0.2) is 40.1 Å². The van der Waals surface area contributed by atoms with Crippen LogP contribution in [-0.2, 0) is 18.4 Å². The normalized spacial score (nSPS) is 12.6. The van der Waals surface area contributed by atoms with E-state index in [-0.39, 0.29) is 24.1 Å². The van der Waals surface area contributed by atoms with Gasteiger partial charge in [0.05, 0.1) is 18.5 Å². The fourth-order valence-electron chi connectivity index (χ4n) is 2.62. The lowest BCUT2D eigenvalue weighted by atomic mass is 10.2. The number of amides is 1. The lowest BCUT2D eigenvalue weighted by Gasteiger charge is -2.22. The average Bonchev–Trinajstić information content (AvgIpc) is 3.21. The molecule has 1 N–H and O–H groups in total. The number of furan rings is 1. The van der Waals surface area contributed by atoms with E-state index in [4.69, 9.17) is 4.42 Å². The third kappa shape index (κ3) is 3.45. The van der Waals surface area contributed by atoms with E-state index < -0.39 is 0 Å². The number of carbonyl (C=O) groups excluding carboxylic acids is 1. The lowest BCUT2D eigenvalue weighted by molar-refractivity contribution is -0.122. The SMILES string of the molecule is CN(C)C(CNC(=O)Cn1cnc2c(cnn2C)c1=O)c1ccco1. The molecule has 9 heteroatoms. The van der Waals surface area contributed by atoms with E-state index in [0.29, 0.717) is 17.6 Å². The van der Waals surface area contributed by atoms with Gasteiger partial charge in [0.1, 0.15) is 24.0 Å². The number of carbonyl (C=O) groups is 1. The molecule has 1 unspecified atom stereocenters. The maximum atomic E-state index is 12.4. The molecule has 1 amide bonds. The molecule has 3 aromatic heterocycles. The second kappa shape index (κ2) is 6.89. The number of rotatable bonds is 6. The zero-order chi connectivity index (χ0) is 18.0. The van der Waals surface area contributed by atoms with Gasteiger partial charge < -0.3 is 9.73 Å². The van der Waals surface area contributed by atoms with E-state index >= 15 is 0 Å². The topological polar surface area (TPSA) is 98.2 Å². The highest BCUT2D eigenvalue weighted by Crippen LogP contribution is 2.17. The Morgan fingerprint density at radius 3 is 2.92 bits per heavy atom. The second-order valence-electron chi connectivity index (χ2n) is 5.98. The molecule has 0 saturated heterocycles. The van der Waals surface area contributed by atoms with Crippen molar-refractivity contribution in [3.8, 4) is 0 Å². The summed E-state index contributed by atoms with van der Waals surface area (Å²) in [6, 6.07) is 3.58. The fourth-order valence-corrected chi connectivity index (χ4v) is 2.62. The van der Waals surface area contributed by atoms with Crippen LogP contribution in [0.4, 0.5) is 0 Å². The molecule has 1 atom stereocenters. The Morgan fingerprint density at radius 2 is 2.24 bits per heavy atom. The highest BCUT2D eigenvalue weighted by atomic mass is 16.3. The molecular formula is C16H20N6O3. The van der Waals surface area contributed by atoms with Gasteiger partial charge in [0.15, 0.2) is 5.65 Å². The minimum absolute atomic E-state index is 0.0883. The standard InChI is InChI=1S/C16H20N6O3/c1-20(2)12(13-5-4-6-25-13)8-17-14(23)9-22-10-18-15-11(16(22)24)7-19-21(15)3/h4-7,10,12H,8-9H2,1-3H3,(H,17,23). The largest absolute Gasteiger partial charge is 0.468 e. The molecule has 0 radical (unpaired) electrons. The highest BCUT2D eigenvalue weighted by Gasteiger charge is 2.18. The second-order valence-corrected chi connectivity index (χ2v) is 5.98. The van der Waals surface area contributed by atoms with E-state index in [9.17, 15) is 9.59 Å². The van der Waals surface area contributed by atoms with Gasteiger partial charge in [-0.25, -0.2) is 4.98 Å². The van der Waals surface area contributed by atoms with Crippen LogP contribution >= 0.6 is 0 Å². The summed E-state index contributed by atoms with van der Waals surface area (Å²) < 4.78 is 8.20. The number of likely N-dealkylation sites (N-methyl/N-ethyl adjacent to an activating group) is 1. The minimum atomic E-state index is -0.288. The first-order chi connectivity index (χ1) is 12.0. The summed E-state index contributed by atoms with van der Waals surface area (Å²) in [6.07, 6.45) is 4.42. The van der Waals surface area contributed by atoms with Crippen LogP contribution < -0.4 is 10.9 Å². The first kappa shape index (κ1) is 16.9. The maximum absolute atomic E-state index is 12.4. The third-order valence-corrected chi connectivity index (χ3v) is 4.02. The first-order valence-electron chi connectivity index (χ1n) is 7.81. The van der Waals surface area contributed by atoms with Crippen molar-refractivity contribution >= 4 is 16.9 Å². The Balaban J connectivity index is 1.68. The third-order valence-electron chi connectivity index (χ3n) is 4.02. The number of hydrogen-bond acceptors (Lipinski definition) is 6. The quantitative estimate of drug-likeness (QED) is 0.683. The van der Waals surface area contributed by atoms with Gasteiger partial charge in [0.2, 0.25) is 5.91 Å². The van der Waals surface area contributed by atoms with Crippen LogP contribution in [0, 0.1) is 0 Å². The number of fused-ring (bicyclic) bond motifs is 1. The van der Waals surface area contributed by atoms with Crippen LogP contribution in [0.2, 0.25) is 0 Å². The average molecular weight is 344 g/mol. The molecule has 3 heterocycles. The molecule has 0 fully saturated rings. The molecule has 25 heavy (non-hydrogen) atoms. The number of nitrogens with zero attached hydrogens (tertiary/aromatic N) is 5. The fraction of sp³-hybridized carbons (Fsp3) is 0.375. The van der Waals surface area contributed by atoms with Gasteiger partial charge in [0, 0.05) is 13.6 Å². The van der Waals surface area contributed by atoms with E-state index in [1.807, 2.05) is 31.1 Å². The smallest absolute Gasteiger partial charge is 0.264 e. The molecule has 0 aliphatic carbocycles. The molecule has 3 aromatic rings. The summed E-state index contributed by atoms with van der Waals surface area (Å²) >= 11 is 0. The Labute approximate surface area is 143 Å². The van der Waals surface area contributed by atoms with Gasteiger partial charge in [-0.1, -0.05) is 0 Å². The summed E-state index contributed by atoms with van der Waals surface area (Å²) in [6.45, 7) is 0.269. The van der Waals surface area contributed by atoms with Crippen LogP contribution in [0.5, 0.6) is 0 Å². The lowest BCUT2D eigenvalue weighted by Crippen LogP contribution is -2.37. The van der Waals surface area contributed by atoms with E-state index in [2.05, 4.69) is 15.4 Å². The molecule has 0 aliphatic rings. The first-order valence-corrected chi connectivity index (χ1v) is 7.81. The Morgan fingerprint density at radius 1 is 1.44 bits per heavy atom. The van der Waals surface area contributed by atoms with Gasteiger partial charge in [-0.3, -0.25) is 23.7 Å². The van der Waals surface area contributed by atoms with Crippen molar-refractivity contribution in [2.24, 2.45) is 7.05 Å². The van der Waals surface area contributed by atoms with Crippen molar-refractivity contribution in [2.45, 2.75) is 12.6 Å². The molecular weight excluding hydrogens is 324 g/mol. The van der Waals surface area contributed by atoms with Crippen molar-refractivity contribution in [1.82, 2.24) is 29.5 Å². The van der Waals surface area contributed by atoms with Crippen molar-refractivity contribution in [2.75, 3.05) is 20.6 Å². The summed E-state index contributed by atoms with van der Waals surface area (Å²) in [5.41, 5.74) is 0.204. The van der Waals surface area contributed by atoms with Crippen LogP contribution in [0.3, 0.4) is 0 Å². The maximum Gasteiger partial charge on any atom is 0.264 e. The van der Waals surface area contributed by atoms with Crippen molar-refractivity contribution in [1.29, 1.82) is 0 Å². The summed E-state index contributed by atoms with van der Waals surface area (Å²) in [5.74, 6) is 0.492. The predicted octanol–water partition coefficient (Wildman–Crippen LogP) is 0.142. The summed E-state index contributed by atoms with van der Waals surface area (Å²) in [4.78, 5) is 30.7. The van der Waals surface area contributed by atoms with Gasteiger partial charge in [0.25, 0.3) is 5.56 Å². The molecule has 3 rings (SSSR count). The molecule has 0 spiro atoms. The Bertz CT molecular complexity index is 925. The van der Waals surface area contributed by atoms with Gasteiger partial charge >= 0.3 is 0 Å². The Kier molecular flexibility index (Phi) is 4.66. The Hall–Kier alpha value is -2.94. The monoisotopic (exact) mass is 344 g/mol. The van der Waals surface area contributed by atoms with E-state index in [1.54, 1.807) is 13.3 Å². The number of hydrogen-bond donors (Lipinski definition) is 1. The van der Waals surface area contributed by atoms with Crippen molar-refractivity contribution in [3.63, 3.8) is 0 Å². The van der Waals surface area contributed by atoms with Gasteiger partial charge in [-0.15, -0.1) is 0 Å². The molecule has 0 saturated carbocycles. The summed E-state index contributed by atoms with van der Waals surface area (Å²) in [7, 11) is 5.52. The number of aryl methyl sites for hydroxylation is 1. The van der Waals surface area contributed by atoms with Crippen LogP contribution in [0.1, 0.15) is 11.8 Å². The van der Waals surface area contributed by atoms with E-state index in [0.717, 1.165) is 5.76 Å². The molecule has 132 valence electrons. The molecule has 9 nitrogen and oxygen atoms in total. The number of aromatic nitrogens is 4. The zero-order valence-electron chi connectivity index (χ0n) is 14.3. The molecule has 0 aliphatic heterocycles. The van der Waals surface area contributed by atoms with Crippen LogP contribution in [-0.4, -0.2) is 50.8 Å².